The summed E-state index contributed by atoms with van der Waals surface area (Å²) in [4.78, 5) is 0. The van der Waals surface area contributed by atoms with Gasteiger partial charge in [0.2, 0.25) is 0 Å². The Bertz CT molecular complexity index is 876. The zero-order chi connectivity index (χ0) is 22.5. The second-order valence-corrected chi connectivity index (χ2v) is 10.3. The molecule has 0 aromatic heterocycles. The first-order chi connectivity index (χ1) is 15.6. The number of rotatable bonds is 8. The maximum atomic E-state index is 15.0. The summed E-state index contributed by atoms with van der Waals surface area (Å²) < 4.78 is 35.4. The van der Waals surface area contributed by atoms with Crippen molar-refractivity contribution >= 4 is 10.8 Å². The number of unbranched alkanes of at least 4 members (excludes halogenated alkanes) is 2. The van der Waals surface area contributed by atoms with Gasteiger partial charge in [0.15, 0.2) is 11.6 Å². The third kappa shape index (κ3) is 5.29. The van der Waals surface area contributed by atoms with Gasteiger partial charge in [-0.15, -0.1) is 0 Å². The molecule has 4 rings (SSSR count). The van der Waals surface area contributed by atoms with Crippen molar-refractivity contribution < 1.29 is 13.5 Å². The highest BCUT2D eigenvalue weighted by atomic mass is 19.2. The fourth-order valence-electron chi connectivity index (χ4n) is 6.41. The van der Waals surface area contributed by atoms with Gasteiger partial charge in [-0.3, -0.25) is 0 Å². The predicted molar refractivity (Wildman–Crippen MR) is 129 cm³/mol. The summed E-state index contributed by atoms with van der Waals surface area (Å²) in [5.74, 6) is 1.95. The second-order valence-electron chi connectivity index (χ2n) is 10.3. The predicted octanol–water partition coefficient (Wildman–Crippen LogP) is 9.18. The van der Waals surface area contributed by atoms with E-state index in [0.717, 1.165) is 48.8 Å². The van der Waals surface area contributed by atoms with Gasteiger partial charge in [-0.05, 0) is 98.3 Å². The number of ether oxygens (including phenoxy) is 1. The fraction of sp³-hybridized carbons (Fsp3) is 0.655. The van der Waals surface area contributed by atoms with Crippen LogP contribution in [0.25, 0.3) is 10.8 Å². The molecule has 1 nitrogen and oxygen atoms in total. The molecular weight excluding hydrogens is 402 g/mol. The number of fused-ring (bicyclic) bond motifs is 1. The molecule has 0 radical (unpaired) electrons. The molecule has 0 unspecified atom stereocenters. The van der Waals surface area contributed by atoms with Crippen LogP contribution >= 0.6 is 0 Å². The van der Waals surface area contributed by atoms with E-state index < -0.39 is 11.6 Å². The first-order valence-corrected chi connectivity index (χ1v) is 13.1. The number of hydrogen-bond donors (Lipinski definition) is 0. The molecule has 2 aromatic rings. The molecule has 0 heterocycles. The van der Waals surface area contributed by atoms with Gasteiger partial charge in [-0.1, -0.05) is 51.5 Å². The summed E-state index contributed by atoms with van der Waals surface area (Å²) >= 11 is 0. The van der Waals surface area contributed by atoms with Crippen molar-refractivity contribution in [1.29, 1.82) is 0 Å². The molecule has 0 N–H and O–H groups in total. The Morgan fingerprint density at radius 1 is 0.812 bits per heavy atom. The lowest BCUT2D eigenvalue weighted by molar-refractivity contribution is 0.155. The van der Waals surface area contributed by atoms with Crippen molar-refractivity contribution in [2.45, 2.75) is 96.8 Å². The summed E-state index contributed by atoms with van der Waals surface area (Å²) in [6.45, 7) is 4.68. The number of benzene rings is 2. The van der Waals surface area contributed by atoms with E-state index in [2.05, 4.69) is 6.92 Å². The molecule has 2 aromatic carbocycles. The fourth-order valence-corrected chi connectivity index (χ4v) is 6.41. The van der Waals surface area contributed by atoms with Crippen LogP contribution in [0.4, 0.5) is 8.78 Å². The van der Waals surface area contributed by atoms with Crippen LogP contribution in [0.3, 0.4) is 0 Å². The van der Waals surface area contributed by atoms with Gasteiger partial charge >= 0.3 is 0 Å². The SMILES string of the molecule is CCCCCC1CCC(C2CCC(c3cc4ccc(OCC)cc4c(F)c3F)CC2)CC1. The van der Waals surface area contributed by atoms with Gasteiger partial charge < -0.3 is 4.74 Å². The largest absolute Gasteiger partial charge is 0.494 e. The van der Waals surface area contributed by atoms with Crippen LogP contribution in [0.1, 0.15) is 102 Å². The Kier molecular flexibility index (Phi) is 8.07. The molecule has 2 fully saturated rings. The van der Waals surface area contributed by atoms with Crippen molar-refractivity contribution in [2.75, 3.05) is 6.61 Å². The lowest BCUT2D eigenvalue weighted by Gasteiger charge is -2.38. The minimum Gasteiger partial charge on any atom is -0.494 e. The number of halogens is 2. The molecular formula is C29H40F2O. The number of hydrogen-bond acceptors (Lipinski definition) is 1. The molecule has 32 heavy (non-hydrogen) atoms. The van der Waals surface area contributed by atoms with E-state index in [1.165, 1.54) is 51.4 Å². The van der Waals surface area contributed by atoms with Crippen molar-refractivity contribution in [3.8, 4) is 5.75 Å². The summed E-state index contributed by atoms with van der Waals surface area (Å²) in [6.07, 6.45) is 15.4. The van der Waals surface area contributed by atoms with Gasteiger partial charge in [0.25, 0.3) is 0 Å². The van der Waals surface area contributed by atoms with Crippen LogP contribution in [0.5, 0.6) is 5.75 Å². The molecule has 2 aliphatic carbocycles. The lowest BCUT2D eigenvalue weighted by Crippen LogP contribution is -2.25. The quantitative estimate of drug-likeness (QED) is 0.370. The highest BCUT2D eigenvalue weighted by molar-refractivity contribution is 5.85. The van der Waals surface area contributed by atoms with Crippen LogP contribution < -0.4 is 4.74 Å². The van der Waals surface area contributed by atoms with Crippen LogP contribution in [0, 0.1) is 29.4 Å². The van der Waals surface area contributed by atoms with Crippen LogP contribution in [-0.2, 0) is 0 Å². The Balaban J connectivity index is 1.36. The van der Waals surface area contributed by atoms with E-state index in [-0.39, 0.29) is 5.92 Å². The van der Waals surface area contributed by atoms with E-state index in [1.54, 1.807) is 6.07 Å². The molecule has 0 bridgehead atoms. The Labute approximate surface area is 192 Å². The smallest absolute Gasteiger partial charge is 0.167 e. The average Bonchev–Trinajstić information content (AvgIpc) is 2.83. The molecule has 176 valence electrons. The molecule has 0 saturated heterocycles. The highest BCUT2D eigenvalue weighted by Gasteiger charge is 2.32. The first kappa shape index (κ1) is 23.5. The highest BCUT2D eigenvalue weighted by Crippen LogP contribution is 2.45. The monoisotopic (exact) mass is 442 g/mol. The topological polar surface area (TPSA) is 9.23 Å². The minimum absolute atomic E-state index is 0.141. The zero-order valence-corrected chi connectivity index (χ0v) is 20.0. The van der Waals surface area contributed by atoms with E-state index in [9.17, 15) is 4.39 Å². The van der Waals surface area contributed by atoms with Gasteiger partial charge in [0.05, 0.1) is 6.61 Å². The van der Waals surface area contributed by atoms with E-state index in [0.29, 0.717) is 23.3 Å². The molecule has 2 aliphatic rings. The Morgan fingerprint density at radius 2 is 1.50 bits per heavy atom. The van der Waals surface area contributed by atoms with Crippen LogP contribution in [0.15, 0.2) is 24.3 Å². The maximum absolute atomic E-state index is 15.0. The maximum Gasteiger partial charge on any atom is 0.167 e. The third-order valence-corrected chi connectivity index (χ3v) is 8.32. The van der Waals surface area contributed by atoms with Gasteiger partial charge in [0, 0.05) is 5.39 Å². The lowest BCUT2D eigenvalue weighted by atomic mass is 9.68. The zero-order valence-electron chi connectivity index (χ0n) is 20.0. The summed E-state index contributed by atoms with van der Waals surface area (Å²) in [6, 6.07) is 7.21. The van der Waals surface area contributed by atoms with Crippen molar-refractivity contribution in [3.63, 3.8) is 0 Å². The minimum atomic E-state index is -0.720. The average molecular weight is 443 g/mol. The van der Waals surface area contributed by atoms with Gasteiger partial charge in [-0.25, -0.2) is 8.78 Å². The Morgan fingerprint density at radius 3 is 2.16 bits per heavy atom. The van der Waals surface area contributed by atoms with Crippen molar-refractivity contribution in [3.05, 3.63) is 41.5 Å². The van der Waals surface area contributed by atoms with Crippen molar-refractivity contribution in [1.82, 2.24) is 0 Å². The second kappa shape index (κ2) is 11.0. The molecule has 2 saturated carbocycles. The van der Waals surface area contributed by atoms with Gasteiger partial charge in [-0.2, -0.15) is 0 Å². The van der Waals surface area contributed by atoms with Crippen LogP contribution in [-0.4, -0.2) is 6.61 Å². The summed E-state index contributed by atoms with van der Waals surface area (Å²) in [7, 11) is 0. The summed E-state index contributed by atoms with van der Waals surface area (Å²) in [5, 5.41) is 1.09. The van der Waals surface area contributed by atoms with Crippen LogP contribution in [0.2, 0.25) is 0 Å². The molecule has 3 heteroatoms. The van der Waals surface area contributed by atoms with E-state index in [4.69, 9.17) is 4.74 Å². The van der Waals surface area contributed by atoms with E-state index in [1.807, 2.05) is 25.1 Å². The summed E-state index contributed by atoms with van der Waals surface area (Å²) in [5.41, 5.74) is 0.581. The molecule has 0 amide bonds. The Hall–Kier alpha value is -1.64. The van der Waals surface area contributed by atoms with Gasteiger partial charge in [0.1, 0.15) is 5.75 Å². The standard InChI is InChI=1S/C29H40F2O/c1-3-5-6-7-20-8-10-21(11-9-20)22-12-14-23(15-13-22)26-18-24-16-17-25(32-4-2)19-27(24)29(31)28(26)30/h16-23H,3-15H2,1-2H3. The van der Waals surface area contributed by atoms with E-state index >= 15 is 4.39 Å². The normalized spacial score (nSPS) is 26.4. The molecule has 0 atom stereocenters. The molecule has 0 aliphatic heterocycles. The molecule has 0 spiro atoms. The first-order valence-electron chi connectivity index (χ1n) is 13.1. The van der Waals surface area contributed by atoms with Crippen molar-refractivity contribution in [2.24, 2.45) is 17.8 Å². The third-order valence-electron chi connectivity index (χ3n) is 8.32.